The lowest BCUT2D eigenvalue weighted by molar-refractivity contribution is -0.134. The first-order valence-corrected chi connectivity index (χ1v) is 5.76. The van der Waals surface area contributed by atoms with Crippen LogP contribution in [0.4, 0.5) is 0 Å². The van der Waals surface area contributed by atoms with Gasteiger partial charge in [0.2, 0.25) is 0 Å². The van der Waals surface area contributed by atoms with E-state index >= 15 is 0 Å². The van der Waals surface area contributed by atoms with Crippen LogP contribution in [-0.2, 0) is 9.59 Å². The molecule has 1 saturated carbocycles. The van der Waals surface area contributed by atoms with E-state index in [4.69, 9.17) is 9.90 Å². The van der Waals surface area contributed by atoms with Gasteiger partial charge in [-0.15, -0.1) is 0 Å². The fourth-order valence-electron chi connectivity index (χ4n) is 1.54. The summed E-state index contributed by atoms with van der Waals surface area (Å²) < 4.78 is 0. The number of aliphatic carboxylic acids is 1. The largest absolute Gasteiger partial charge is 0.481 e. The minimum absolute atomic E-state index is 0.300. The van der Waals surface area contributed by atoms with Crippen LogP contribution in [0, 0.1) is 5.92 Å². The summed E-state index contributed by atoms with van der Waals surface area (Å²) in [6.45, 7) is 3.17. The summed E-state index contributed by atoms with van der Waals surface area (Å²) >= 11 is 3.53. The molecule has 0 heterocycles. The summed E-state index contributed by atoms with van der Waals surface area (Å²) in [7, 11) is 0. The minimum Gasteiger partial charge on any atom is -0.481 e. The van der Waals surface area contributed by atoms with E-state index in [1.54, 1.807) is 0 Å². The molecule has 0 saturated heterocycles. The Labute approximate surface area is 93.0 Å². The number of rotatable bonds is 1. The van der Waals surface area contributed by atoms with Crippen LogP contribution < -0.4 is 0 Å². The summed E-state index contributed by atoms with van der Waals surface area (Å²) in [4.78, 5) is 20.7. The molecule has 2 unspecified atom stereocenters. The van der Waals surface area contributed by atoms with Crippen molar-refractivity contribution in [2.75, 3.05) is 0 Å². The lowest BCUT2D eigenvalue weighted by Crippen LogP contribution is -2.27. The standard InChI is InChI=1S/C8H13BrO.C2H4O2/c1-2-6-7(9)4-3-5-8(6)10;1-2(3)4/h6-7H,2-5H2,1H3;1H3,(H,3,4). The number of ketones is 1. The zero-order valence-corrected chi connectivity index (χ0v) is 10.2. The summed E-state index contributed by atoms with van der Waals surface area (Å²) in [6, 6.07) is 0. The van der Waals surface area contributed by atoms with Crippen LogP contribution in [-0.4, -0.2) is 21.7 Å². The second-order valence-corrected chi connectivity index (χ2v) is 4.58. The number of hydrogen-bond acceptors (Lipinski definition) is 2. The maximum atomic E-state index is 11.2. The number of halogens is 1. The molecule has 1 aliphatic carbocycles. The first kappa shape index (κ1) is 13.6. The molecule has 14 heavy (non-hydrogen) atoms. The number of carbonyl (C=O) groups excluding carboxylic acids is 1. The van der Waals surface area contributed by atoms with E-state index in [-0.39, 0.29) is 0 Å². The van der Waals surface area contributed by atoms with Gasteiger partial charge in [0.1, 0.15) is 5.78 Å². The summed E-state index contributed by atoms with van der Waals surface area (Å²) in [5.74, 6) is -0.0793. The summed E-state index contributed by atoms with van der Waals surface area (Å²) in [5, 5.41) is 7.42. The molecule has 2 atom stereocenters. The first-order chi connectivity index (χ1) is 6.49. The topological polar surface area (TPSA) is 54.4 Å². The third-order valence-electron chi connectivity index (χ3n) is 2.19. The van der Waals surface area contributed by atoms with Crippen molar-refractivity contribution < 1.29 is 14.7 Å². The van der Waals surface area contributed by atoms with Gasteiger partial charge in [-0.3, -0.25) is 9.59 Å². The van der Waals surface area contributed by atoms with Gasteiger partial charge in [-0.25, -0.2) is 0 Å². The van der Waals surface area contributed by atoms with Gasteiger partial charge in [0.25, 0.3) is 5.97 Å². The molecule has 0 aromatic heterocycles. The highest BCUT2D eigenvalue weighted by Crippen LogP contribution is 2.29. The molecule has 0 aromatic rings. The average Bonchev–Trinajstić information content (AvgIpc) is 2.03. The van der Waals surface area contributed by atoms with Gasteiger partial charge in [-0.05, 0) is 19.3 Å². The van der Waals surface area contributed by atoms with E-state index < -0.39 is 5.97 Å². The van der Waals surface area contributed by atoms with E-state index in [9.17, 15) is 4.79 Å². The summed E-state index contributed by atoms with van der Waals surface area (Å²) in [5.41, 5.74) is 0. The number of alkyl halides is 1. The fourth-order valence-corrected chi connectivity index (χ4v) is 2.54. The molecule has 3 nitrogen and oxygen atoms in total. The fraction of sp³-hybridized carbons (Fsp3) is 0.800. The Morgan fingerprint density at radius 1 is 1.64 bits per heavy atom. The second-order valence-electron chi connectivity index (χ2n) is 3.41. The molecule has 0 aliphatic heterocycles. The quantitative estimate of drug-likeness (QED) is 0.741. The Morgan fingerprint density at radius 2 is 2.14 bits per heavy atom. The van der Waals surface area contributed by atoms with Crippen molar-refractivity contribution in [3.63, 3.8) is 0 Å². The number of carboxylic acid groups (broad SMARTS) is 1. The van der Waals surface area contributed by atoms with Crippen LogP contribution in [0.5, 0.6) is 0 Å². The molecule has 4 heteroatoms. The van der Waals surface area contributed by atoms with E-state index in [1.165, 1.54) is 6.42 Å². The van der Waals surface area contributed by atoms with Gasteiger partial charge in [-0.1, -0.05) is 22.9 Å². The third-order valence-corrected chi connectivity index (χ3v) is 3.29. The van der Waals surface area contributed by atoms with Crippen molar-refractivity contribution in [2.24, 2.45) is 5.92 Å². The Bertz CT molecular complexity index is 200. The number of carbonyl (C=O) groups is 2. The van der Waals surface area contributed by atoms with Gasteiger partial charge >= 0.3 is 0 Å². The normalized spacial score (nSPS) is 26.4. The van der Waals surface area contributed by atoms with Gasteiger partial charge in [0.05, 0.1) is 0 Å². The molecular formula is C10H17BrO3. The van der Waals surface area contributed by atoms with Crippen molar-refractivity contribution in [1.82, 2.24) is 0 Å². The zero-order valence-electron chi connectivity index (χ0n) is 8.62. The molecule has 0 bridgehead atoms. The molecule has 0 amide bonds. The monoisotopic (exact) mass is 264 g/mol. The number of Topliss-reactive ketones (excluding diaryl/α,β-unsaturated/α-hetero) is 1. The molecular weight excluding hydrogens is 248 g/mol. The highest BCUT2D eigenvalue weighted by atomic mass is 79.9. The third kappa shape index (κ3) is 5.37. The molecule has 1 fully saturated rings. The molecule has 1 N–H and O–H groups in total. The van der Waals surface area contributed by atoms with Crippen LogP contribution in [0.1, 0.15) is 39.5 Å². The molecule has 1 aliphatic rings. The molecule has 0 radical (unpaired) electrons. The van der Waals surface area contributed by atoms with Crippen LogP contribution in [0.2, 0.25) is 0 Å². The molecule has 1 rings (SSSR count). The van der Waals surface area contributed by atoms with Crippen LogP contribution in [0.25, 0.3) is 0 Å². The van der Waals surface area contributed by atoms with E-state index in [0.29, 0.717) is 16.5 Å². The lowest BCUT2D eigenvalue weighted by Gasteiger charge is -2.24. The maximum absolute atomic E-state index is 11.2. The Kier molecular flexibility index (Phi) is 6.79. The van der Waals surface area contributed by atoms with Crippen LogP contribution in [0.15, 0.2) is 0 Å². The first-order valence-electron chi connectivity index (χ1n) is 4.85. The van der Waals surface area contributed by atoms with Crippen molar-refractivity contribution >= 4 is 27.7 Å². The number of carboxylic acids is 1. The van der Waals surface area contributed by atoms with Crippen molar-refractivity contribution in [3.8, 4) is 0 Å². The Hall–Kier alpha value is -0.380. The predicted molar refractivity (Wildman–Crippen MR) is 58.7 cm³/mol. The van der Waals surface area contributed by atoms with Gasteiger partial charge in [0.15, 0.2) is 0 Å². The number of hydrogen-bond donors (Lipinski definition) is 1. The van der Waals surface area contributed by atoms with Crippen LogP contribution >= 0.6 is 15.9 Å². The van der Waals surface area contributed by atoms with Gasteiger partial charge < -0.3 is 5.11 Å². The average molecular weight is 265 g/mol. The Morgan fingerprint density at radius 3 is 2.43 bits per heavy atom. The highest BCUT2D eigenvalue weighted by Gasteiger charge is 2.27. The summed E-state index contributed by atoms with van der Waals surface area (Å²) in [6.07, 6.45) is 4.05. The predicted octanol–water partition coefficient (Wildman–Crippen LogP) is 2.62. The SMILES string of the molecule is CC(=O)O.CCC1C(=O)CCCC1Br. The van der Waals surface area contributed by atoms with E-state index in [0.717, 1.165) is 26.2 Å². The van der Waals surface area contributed by atoms with E-state index in [2.05, 4.69) is 22.9 Å². The lowest BCUT2D eigenvalue weighted by atomic mass is 9.86. The Balaban J connectivity index is 0.000000364. The smallest absolute Gasteiger partial charge is 0.300 e. The van der Waals surface area contributed by atoms with E-state index in [1.807, 2.05) is 0 Å². The van der Waals surface area contributed by atoms with Gasteiger partial charge in [-0.2, -0.15) is 0 Å². The maximum Gasteiger partial charge on any atom is 0.300 e. The molecule has 82 valence electrons. The van der Waals surface area contributed by atoms with Crippen molar-refractivity contribution in [2.45, 2.75) is 44.4 Å². The highest BCUT2D eigenvalue weighted by molar-refractivity contribution is 9.09. The zero-order chi connectivity index (χ0) is 11.1. The second kappa shape index (κ2) is 6.98. The van der Waals surface area contributed by atoms with Crippen molar-refractivity contribution in [1.29, 1.82) is 0 Å². The molecule has 0 spiro atoms. The minimum atomic E-state index is -0.833. The van der Waals surface area contributed by atoms with Crippen LogP contribution in [0.3, 0.4) is 0 Å². The van der Waals surface area contributed by atoms with Crippen molar-refractivity contribution in [3.05, 3.63) is 0 Å². The molecule has 0 aromatic carbocycles. The van der Waals surface area contributed by atoms with Gasteiger partial charge in [0, 0.05) is 24.1 Å².